The molecule has 1 unspecified atom stereocenters. The van der Waals surface area contributed by atoms with Crippen LogP contribution in [0.5, 0.6) is 0 Å². The number of hydrogen-bond donors (Lipinski definition) is 1. The van der Waals surface area contributed by atoms with Crippen molar-refractivity contribution in [3.05, 3.63) is 35.1 Å². The first-order valence-corrected chi connectivity index (χ1v) is 6.84. The second kappa shape index (κ2) is 5.15. The lowest BCUT2D eigenvalue weighted by molar-refractivity contribution is 0.535. The summed E-state index contributed by atoms with van der Waals surface area (Å²) in [4.78, 5) is 0. The van der Waals surface area contributed by atoms with Crippen LogP contribution in [0.3, 0.4) is 0 Å². The molecule has 0 bridgehead atoms. The van der Waals surface area contributed by atoms with Crippen LogP contribution in [-0.4, -0.2) is 0 Å². The summed E-state index contributed by atoms with van der Waals surface area (Å²) in [5.74, 6) is 1.90. The fourth-order valence-electron chi connectivity index (χ4n) is 2.60. The number of hydrogen-bond acceptors (Lipinski definition) is 2. The van der Waals surface area contributed by atoms with Crippen molar-refractivity contribution < 1.29 is 4.42 Å². The first-order chi connectivity index (χ1) is 8.60. The molecule has 1 heterocycles. The maximum atomic E-state index is 6.04. The summed E-state index contributed by atoms with van der Waals surface area (Å²) < 4.78 is 6.04. The fraction of sp³-hybridized carbons (Fsp3) is 0.500. The van der Waals surface area contributed by atoms with E-state index in [0.29, 0.717) is 18.4 Å². The first-order valence-electron chi connectivity index (χ1n) is 6.84. The zero-order valence-corrected chi connectivity index (χ0v) is 11.8. The summed E-state index contributed by atoms with van der Waals surface area (Å²) in [6.07, 6.45) is 1.12. The standard InChI is InChI=1S/C16H23NO/c1-5-11(4)12-7-6-8-13-15(10(2)3)14(9-17)18-16(12)13/h6-8,10-11H,5,9,17H2,1-4H3. The second-order valence-electron chi connectivity index (χ2n) is 5.33. The van der Waals surface area contributed by atoms with E-state index in [0.717, 1.165) is 17.8 Å². The molecule has 2 nitrogen and oxygen atoms in total. The third-order valence-electron chi connectivity index (χ3n) is 3.77. The fourth-order valence-corrected chi connectivity index (χ4v) is 2.60. The van der Waals surface area contributed by atoms with E-state index in [2.05, 4.69) is 45.9 Å². The lowest BCUT2D eigenvalue weighted by Crippen LogP contribution is -1.99. The number of fused-ring (bicyclic) bond motifs is 1. The summed E-state index contributed by atoms with van der Waals surface area (Å²) in [6.45, 7) is 9.31. The number of furan rings is 1. The molecule has 18 heavy (non-hydrogen) atoms. The van der Waals surface area contributed by atoms with Crippen LogP contribution in [0.1, 0.15) is 62.8 Å². The van der Waals surface area contributed by atoms with E-state index in [1.165, 1.54) is 16.5 Å². The number of benzene rings is 1. The Labute approximate surface area is 109 Å². The molecule has 0 aliphatic rings. The van der Waals surface area contributed by atoms with Gasteiger partial charge in [0.2, 0.25) is 0 Å². The molecule has 2 aromatic rings. The Kier molecular flexibility index (Phi) is 3.76. The van der Waals surface area contributed by atoms with Crippen LogP contribution in [0.15, 0.2) is 22.6 Å². The van der Waals surface area contributed by atoms with E-state index in [4.69, 9.17) is 10.2 Å². The molecule has 0 aliphatic heterocycles. The maximum absolute atomic E-state index is 6.04. The first kappa shape index (κ1) is 13.2. The molecule has 2 N–H and O–H groups in total. The van der Waals surface area contributed by atoms with Crippen LogP contribution in [0.25, 0.3) is 11.0 Å². The molecule has 1 aromatic carbocycles. The minimum absolute atomic E-state index is 0.442. The molecular formula is C16H23NO. The predicted octanol–water partition coefficient (Wildman–Crippen LogP) is 4.53. The van der Waals surface area contributed by atoms with Gasteiger partial charge in [0.15, 0.2) is 0 Å². The van der Waals surface area contributed by atoms with Gasteiger partial charge in [0.05, 0.1) is 6.54 Å². The molecule has 0 aliphatic carbocycles. The lowest BCUT2D eigenvalue weighted by atomic mass is 9.93. The van der Waals surface area contributed by atoms with Gasteiger partial charge in [0.25, 0.3) is 0 Å². The van der Waals surface area contributed by atoms with Crippen molar-refractivity contribution in [2.75, 3.05) is 0 Å². The van der Waals surface area contributed by atoms with Gasteiger partial charge in [0.1, 0.15) is 11.3 Å². The van der Waals surface area contributed by atoms with Crippen molar-refractivity contribution >= 4 is 11.0 Å². The zero-order chi connectivity index (χ0) is 13.3. The number of para-hydroxylation sites is 1. The number of nitrogens with two attached hydrogens (primary N) is 1. The van der Waals surface area contributed by atoms with E-state index in [1.54, 1.807) is 0 Å². The van der Waals surface area contributed by atoms with Crippen LogP contribution in [0.2, 0.25) is 0 Å². The van der Waals surface area contributed by atoms with E-state index >= 15 is 0 Å². The van der Waals surface area contributed by atoms with E-state index in [-0.39, 0.29) is 0 Å². The SMILES string of the molecule is CCC(C)c1cccc2c(C(C)C)c(CN)oc12. The highest BCUT2D eigenvalue weighted by molar-refractivity contribution is 5.86. The van der Waals surface area contributed by atoms with Crippen LogP contribution in [0.4, 0.5) is 0 Å². The van der Waals surface area contributed by atoms with Gasteiger partial charge < -0.3 is 10.2 Å². The monoisotopic (exact) mass is 245 g/mol. The van der Waals surface area contributed by atoms with E-state index < -0.39 is 0 Å². The Morgan fingerprint density at radius 2 is 1.94 bits per heavy atom. The van der Waals surface area contributed by atoms with Gasteiger partial charge >= 0.3 is 0 Å². The highest BCUT2D eigenvalue weighted by atomic mass is 16.3. The van der Waals surface area contributed by atoms with Crippen molar-refractivity contribution in [1.82, 2.24) is 0 Å². The van der Waals surface area contributed by atoms with Crippen LogP contribution in [-0.2, 0) is 6.54 Å². The Hall–Kier alpha value is -1.28. The van der Waals surface area contributed by atoms with E-state index in [1.807, 2.05) is 0 Å². The van der Waals surface area contributed by atoms with E-state index in [9.17, 15) is 0 Å². The minimum atomic E-state index is 0.442. The van der Waals surface area contributed by atoms with Gasteiger partial charge in [-0.15, -0.1) is 0 Å². The molecule has 0 amide bonds. The smallest absolute Gasteiger partial charge is 0.138 e. The van der Waals surface area contributed by atoms with Crippen LogP contribution in [0, 0.1) is 0 Å². The zero-order valence-electron chi connectivity index (χ0n) is 11.8. The third kappa shape index (κ3) is 2.05. The molecule has 0 saturated heterocycles. The molecule has 0 fully saturated rings. The highest BCUT2D eigenvalue weighted by Crippen LogP contribution is 2.36. The van der Waals surface area contributed by atoms with Crippen molar-refractivity contribution in [2.24, 2.45) is 5.73 Å². The maximum Gasteiger partial charge on any atom is 0.138 e. The van der Waals surface area contributed by atoms with Gasteiger partial charge in [-0.05, 0) is 23.8 Å². The van der Waals surface area contributed by atoms with Gasteiger partial charge in [-0.25, -0.2) is 0 Å². The molecule has 0 radical (unpaired) electrons. The van der Waals surface area contributed by atoms with Gasteiger partial charge in [-0.3, -0.25) is 0 Å². The molecule has 2 heteroatoms. The molecular weight excluding hydrogens is 222 g/mol. The third-order valence-corrected chi connectivity index (χ3v) is 3.77. The van der Waals surface area contributed by atoms with Crippen LogP contribution >= 0.6 is 0 Å². The van der Waals surface area contributed by atoms with Crippen molar-refractivity contribution in [3.8, 4) is 0 Å². The second-order valence-corrected chi connectivity index (χ2v) is 5.33. The van der Waals surface area contributed by atoms with Crippen molar-refractivity contribution in [3.63, 3.8) is 0 Å². The Morgan fingerprint density at radius 3 is 2.50 bits per heavy atom. The topological polar surface area (TPSA) is 39.2 Å². The average Bonchev–Trinajstić information content (AvgIpc) is 2.75. The minimum Gasteiger partial charge on any atom is -0.459 e. The summed E-state index contributed by atoms with van der Waals surface area (Å²) in [7, 11) is 0. The summed E-state index contributed by atoms with van der Waals surface area (Å²) >= 11 is 0. The molecule has 0 spiro atoms. The quantitative estimate of drug-likeness (QED) is 0.859. The Balaban J connectivity index is 2.72. The van der Waals surface area contributed by atoms with Gasteiger partial charge in [0, 0.05) is 10.9 Å². The average molecular weight is 245 g/mol. The largest absolute Gasteiger partial charge is 0.459 e. The normalized spacial score (nSPS) is 13.4. The summed E-state index contributed by atoms with van der Waals surface area (Å²) in [5, 5.41) is 1.24. The van der Waals surface area contributed by atoms with Crippen molar-refractivity contribution in [2.45, 2.75) is 52.5 Å². The summed E-state index contributed by atoms with van der Waals surface area (Å²) in [5.41, 5.74) is 9.43. The van der Waals surface area contributed by atoms with Gasteiger partial charge in [-0.1, -0.05) is 45.9 Å². The molecule has 0 saturated carbocycles. The lowest BCUT2D eigenvalue weighted by Gasteiger charge is -2.09. The van der Waals surface area contributed by atoms with Crippen LogP contribution < -0.4 is 5.73 Å². The Morgan fingerprint density at radius 1 is 1.22 bits per heavy atom. The molecule has 1 atom stereocenters. The molecule has 2 rings (SSSR count). The highest BCUT2D eigenvalue weighted by Gasteiger charge is 2.19. The van der Waals surface area contributed by atoms with Gasteiger partial charge in [-0.2, -0.15) is 0 Å². The number of rotatable bonds is 4. The molecule has 1 aromatic heterocycles. The molecule has 98 valence electrons. The Bertz CT molecular complexity index is 539. The summed E-state index contributed by atoms with van der Waals surface area (Å²) in [6, 6.07) is 6.45. The van der Waals surface area contributed by atoms with Crippen molar-refractivity contribution in [1.29, 1.82) is 0 Å². The predicted molar refractivity (Wildman–Crippen MR) is 76.9 cm³/mol.